The topological polar surface area (TPSA) is 37.4 Å². The molecule has 0 aromatic heterocycles. The van der Waals surface area contributed by atoms with Crippen LogP contribution >= 0.6 is 12.6 Å². The van der Waals surface area contributed by atoms with Crippen LogP contribution in [0.15, 0.2) is 0 Å². The van der Waals surface area contributed by atoms with Gasteiger partial charge in [0, 0.05) is 6.54 Å². The van der Waals surface area contributed by atoms with Crippen molar-refractivity contribution >= 4 is 24.4 Å². The average molecular weight is 227 g/mol. The monoisotopic (exact) mass is 227 g/mol. The summed E-state index contributed by atoms with van der Waals surface area (Å²) in [5, 5.41) is 0. The largest absolute Gasteiger partial charge is 0.282 e. The molecular weight excluding hydrogens is 210 g/mol. The number of thiol groups is 1. The number of imide groups is 1. The standard InChI is InChI=1S/C11H17NO2S/c1-7-5-8-9(6-7)11(14)12(10(8)13)3-2-4-15/h7-9,15H,2-6H2,1H3. The SMILES string of the molecule is CC1CC2C(=O)N(CCCS)C(=O)C2C1. The van der Waals surface area contributed by atoms with Crippen molar-refractivity contribution in [3.05, 3.63) is 0 Å². The number of amides is 2. The number of carbonyl (C=O) groups is 2. The maximum absolute atomic E-state index is 11.9. The summed E-state index contributed by atoms with van der Waals surface area (Å²) in [5.41, 5.74) is 0. The Bertz CT molecular complexity index is 268. The maximum atomic E-state index is 11.9. The van der Waals surface area contributed by atoms with Gasteiger partial charge in [-0.3, -0.25) is 14.5 Å². The van der Waals surface area contributed by atoms with E-state index in [4.69, 9.17) is 0 Å². The molecule has 2 rings (SSSR count). The predicted molar refractivity (Wildman–Crippen MR) is 60.6 cm³/mol. The molecule has 2 atom stereocenters. The lowest BCUT2D eigenvalue weighted by atomic mass is 10.00. The Labute approximate surface area is 95.6 Å². The molecule has 2 fully saturated rings. The molecule has 2 amide bonds. The van der Waals surface area contributed by atoms with Crippen molar-refractivity contribution in [3.8, 4) is 0 Å². The average Bonchev–Trinajstić information content (AvgIpc) is 2.67. The van der Waals surface area contributed by atoms with E-state index in [-0.39, 0.29) is 23.7 Å². The number of nitrogens with zero attached hydrogens (tertiary/aromatic N) is 1. The molecule has 1 heterocycles. The highest BCUT2D eigenvalue weighted by molar-refractivity contribution is 7.80. The molecular formula is C11H17NO2S. The Hall–Kier alpha value is -0.510. The summed E-state index contributed by atoms with van der Waals surface area (Å²) in [6, 6.07) is 0. The van der Waals surface area contributed by atoms with E-state index >= 15 is 0 Å². The van der Waals surface area contributed by atoms with E-state index in [1.807, 2.05) is 0 Å². The molecule has 4 heteroatoms. The van der Waals surface area contributed by atoms with Gasteiger partial charge in [0.1, 0.15) is 0 Å². The first kappa shape index (κ1) is 11.0. The first-order valence-electron chi connectivity index (χ1n) is 5.61. The van der Waals surface area contributed by atoms with Gasteiger partial charge in [0.05, 0.1) is 11.8 Å². The Balaban J connectivity index is 2.06. The Kier molecular flexibility index (Phi) is 3.05. The normalized spacial score (nSPS) is 35.1. The molecule has 3 nitrogen and oxygen atoms in total. The van der Waals surface area contributed by atoms with Crippen LogP contribution in [-0.4, -0.2) is 29.0 Å². The van der Waals surface area contributed by atoms with E-state index < -0.39 is 0 Å². The molecule has 1 saturated heterocycles. The Morgan fingerprint density at radius 2 is 1.80 bits per heavy atom. The van der Waals surface area contributed by atoms with Crippen LogP contribution in [0, 0.1) is 17.8 Å². The molecule has 0 aromatic rings. The minimum atomic E-state index is -0.00702. The number of fused-ring (bicyclic) bond motifs is 1. The highest BCUT2D eigenvalue weighted by Crippen LogP contribution is 2.42. The molecule has 0 radical (unpaired) electrons. The van der Waals surface area contributed by atoms with Gasteiger partial charge < -0.3 is 0 Å². The second kappa shape index (κ2) is 4.16. The third kappa shape index (κ3) is 1.80. The van der Waals surface area contributed by atoms with E-state index in [0.717, 1.165) is 25.0 Å². The lowest BCUT2D eigenvalue weighted by molar-refractivity contribution is -0.140. The van der Waals surface area contributed by atoms with Crippen LogP contribution in [0.1, 0.15) is 26.2 Å². The van der Waals surface area contributed by atoms with E-state index in [0.29, 0.717) is 12.5 Å². The first-order chi connectivity index (χ1) is 7.15. The Morgan fingerprint density at radius 1 is 1.27 bits per heavy atom. The van der Waals surface area contributed by atoms with Crippen molar-refractivity contribution in [2.75, 3.05) is 12.3 Å². The van der Waals surface area contributed by atoms with Crippen molar-refractivity contribution in [3.63, 3.8) is 0 Å². The third-order valence-electron chi connectivity index (χ3n) is 3.50. The van der Waals surface area contributed by atoms with Crippen LogP contribution in [0.3, 0.4) is 0 Å². The third-order valence-corrected chi connectivity index (χ3v) is 3.82. The van der Waals surface area contributed by atoms with Gasteiger partial charge in [-0.05, 0) is 30.9 Å². The summed E-state index contributed by atoms with van der Waals surface area (Å²) in [7, 11) is 0. The van der Waals surface area contributed by atoms with Crippen LogP contribution in [0.2, 0.25) is 0 Å². The molecule has 1 aliphatic heterocycles. The van der Waals surface area contributed by atoms with E-state index in [9.17, 15) is 9.59 Å². The summed E-state index contributed by atoms with van der Waals surface area (Å²) < 4.78 is 0. The smallest absolute Gasteiger partial charge is 0.233 e. The summed E-state index contributed by atoms with van der Waals surface area (Å²) >= 11 is 4.10. The van der Waals surface area contributed by atoms with Crippen molar-refractivity contribution in [1.82, 2.24) is 4.90 Å². The number of hydrogen-bond donors (Lipinski definition) is 1. The van der Waals surface area contributed by atoms with Gasteiger partial charge in [0.15, 0.2) is 0 Å². The van der Waals surface area contributed by atoms with Crippen molar-refractivity contribution in [2.45, 2.75) is 26.2 Å². The molecule has 0 bridgehead atoms. The van der Waals surface area contributed by atoms with Crippen LogP contribution < -0.4 is 0 Å². The van der Waals surface area contributed by atoms with Crippen LogP contribution in [0.25, 0.3) is 0 Å². The second-order valence-electron chi connectivity index (χ2n) is 4.69. The molecule has 0 N–H and O–H groups in total. The molecule has 15 heavy (non-hydrogen) atoms. The minimum Gasteiger partial charge on any atom is -0.282 e. The first-order valence-corrected chi connectivity index (χ1v) is 6.24. The molecule has 84 valence electrons. The summed E-state index contributed by atoms with van der Waals surface area (Å²) in [4.78, 5) is 25.3. The number of carbonyl (C=O) groups excluding carboxylic acids is 2. The number of likely N-dealkylation sites (tertiary alicyclic amines) is 1. The fourth-order valence-electron chi connectivity index (χ4n) is 2.80. The molecule has 2 aliphatic rings. The summed E-state index contributed by atoms with van der Waals surface area (Å²) in [5.74, 6) is 1.37. The fourth-order valence-corrected chi connectivity index (χ4v) is 2.94. The molecule has 0 aromatic carbocycles. The molecule has 1 saturated carbocycles. The fraction of sp³-hybridized carbons (Fsp3) is 0.818. The van der Waals surface area contributed by atoms with Gasteiger partial charge in [-0.15, -0.1) is 0 Å². The van der Waals surface area contributed by atoms with Gasteiger partial charge >= 0.3 is 0 Å². The van der Waals surface area contributed by atoms with Crippen LogP contribution in [0.4, 0.5) is 0 Å². The van der Waals surface area contributed by atoms with Gasteiger partial charge in [-0.1, -0.05) is 6.92 Å². The van der Waals surface area contributed by atoms with Gasteiger partial charge in [-0.25, -0.2) is 0 Å². The number of rotatable bonds is 3. The zero-order valence-electron chi connectivity index (χ0n) is 8.98. The summed E-state index contributed by atoms with van der Waals surface area (Å²) in [6.07, 6.45) is 2.59. The molecule has 1 aliphatic carbocycles. The van der Waals surface area contributed by atoms with E-state index in [1.165, 1.54) is 4.90 Å². The molecule has 0 spiro atoms. The quantitative estimate of drug-likeness (QED) is 0.583. The van der Waals surface area contributed by atoms with Gasteiger partial charge in [0.2, 0.25) is 11.8 Å². The highest BCUT2D eigenvalue weighted by atomic mass is 32.1. The number of hydrogen-bond acceptors (Lipinski definition) is 3. The lowest BCUT2D eigenvalue weighted by Gasteiger charge is -2.15. The minimum absolute atomic E-state index is 0.00702. The Morgan fingerprint density at radius 3 is 2.27 bits per heavy atom. The van der Waals surface area contributed by atoms with Gasteiger partial charge in [-0.2, -0.15) is 12.6 Å². The lowest BCUT2D eigenvalue weighted by Crippen LogP contribution is -2.33. The predicted octanol–water partition coefficient (Wildman–Crippen LogP) is 1.34. The second-order valence-corrected chi connectivity index (χ2v) is 5.14. The maximum Gasteiger partial charge on any atom is 0.233 e. The van der Waals surface area contributed by atoms with Crippen LogP contribution in [-0.2, 0) is 9.59 Å². The van der Waals surface area contributed by atoms with Crippen LogP contribution in [0.5, 0.6) is 0 Å². The zero-order valence-corrected chi connectivity index (χ0v) is 9.87. The zero-order chi connectivity index (χ0) is 11.0. The van der Waals surface area contributed by atoms with E-state index in [2.05, 4.69) is 19.6 Å². The van der Waals surface area contributed by atoms with Crippen molar-refractivity contribution < 1.29 is 9.59 Å². The highest BCUT2D eigenvalue weighted by Gasteiger charge is 2.51. The summed E-state index contributed by atoms with van der Waals surface area (Å²) in [6.45, 7) is 2.68. The molecule has 2 unspecified atom stereocenters. The van der Waals surface area contributed by atoms with Gasteiger partial charge in [0.25, 0.3) is 0 Å². The van der Waals surface area contributed by atoms with E-state index in [1.54, 1.807) is 0 Å². The van der Waals surface area contributed by atoms with Crippen molar-refractivity contribution in [1.29, 1.82) is 0 Å². The van der Waals surface area contributed by atoms with Crippen molar-refractivity contribution in [2.24, 2.45) is 17.8 Å².